The van der Waals surface area contributed by atoms with Crippen LogP contribution < -0.4 is 5.73 Å². The van der Waals surface area contributed by atoms with E-state index in [0.29, 0.717) is 15.6 Å². The number of rotatable bonds is 6. The third-order valence-corrected chi connectivity index (χ3v) is 7.95. The van der Waals surface area contributed by atoms with Crippen LogP contribution in [0.1, 0.15) is 25.5 Å². The molecule has 0 bridgehead atoms. The fourth-order valence-electron chi connectivity index (χ4n) is 2.83. The Balaban J connectivity index is 1.93. The van der Waals surface area contributed by atoms with Crippen LogP contribution in [0.5, 0.6) is 0 Å². The predicted octanol–water partition coefficient (Wildman–Crippen LogP) is 4.61. The Hall–Kier alpha value is -1.94. The molecule has 1 atom stereocenters. The van der Waals surface area contributed by atoms with Gasteiger partial charge in [0, 0.05) is 29.0 Å². The largest absolute Gasteiger partial charge is 0.611 e. The lowest BCUT2D eigenvalue weighted by atomic mass is 10.1. The van der Waals surface area contributed by atoms with E-state index in [4.69, 9.17) is 10.7 Å². The number of pyridine rings is 1. The summed E-state index contributed by atoms with van der Waals surface area (Å²) in [6.45, 7) is 4.05. The molecule has 6 nitrogen and oxygen atoms in total. The van der Waals surface area contributed by atoms with Crippen molar-refractivity contribution in [1.82, 2.24) is 19.9 Å². The maximum Gasteiger partial charge on any atom is 0.232 e. The van der Waals surface area contributed by atoms with Crippen LogP contribution in [0, 0.1) is 6.92 Å². The molecule has 1 unspecified atom stereocenters. The Morgan fingerprint density at radius 1 is 1.33 bits per heavy atom. The van der Waals surface area contributed by atoms with Crippen molar-refractivity contribution < 1.29 is 4.55 Å². The van der Waals surface area contributed by atoms with Crippen molar-refractivity contribution in [2.24, 2.45) is 0 Å². The third-order valence-electron chi connectivity index (χ3n) is 4.16. The zero-order valence-corrected chi connectivity index (χ0v) is 17.4. The highest BCUT2D eigenvalue weighted by molar-refractivity contribution is 7.93. The van der Waals surface area contributed by atoms with E-state index in [-0.39, 0.29) is 0 Å². The van der Waals surface area contributed by atoms with Crippen LogP contribution in [0.25, 0.3) is 32.3 Å². The summed E-state index contributed by atoms with van der Waals surface area (Å²) in [5, 5.41) is 3.57. The number of nitrogen functional groups attached to an aromatic ring is 1. The fourth-order valence-corrected chi connectivity index (χ4v) is 6.23. The number of hydrogen-bond donors (Lipinski definition) is 2. The van der Waals surface area contributed by atoms with Crippen molar-refractivity contribution in [3.05, 3.63) is 29.5 Å². The number of H-pyrrole nitrogens is 1. The summed E-state index contributed by atoms with van der Waals surface area (Å²) in [4.78, 5) is 17.7. The van der Waals surface area contributed by atoms with Gasteiger partial charge in [-0.15, -0.1) is 11.3 Å². The second kappa shape index (κ2) is 7.59. The number of nitrogens with two attached hydrogens (primary N) is 1. The minimum Gasteiger partial charge on any atom is -0.611 e. The molecule has 0 aliphatic heterocycles. The van der Waals surface area contributed by atoms with Gasteiger partial charge in [0.2, 0.25) is 4.21 Å². The number of thiophene rings is 1. The lowest BCUT2D eigenvalue weighted by molar-refractivity contribution is 0.594. The molecule has 0 radical (unpaired) electrons. The summed E-state index contributed by atoms with van der Waals surface area (Å²) in [5.41, 5.74) is 9.60. The van der Waals surface area contributed by atoms with E-state index in [9.17, 15) is 4.55 Å². The molecule has 4 aromatic heterocycles. The van der Waals surface area contributed by atoms with Gasteiger partial charge in [-0.2, -0.15) is 0 Å². The maximum absolute atomic E-state index is 12.7. The number of fused-ring (bicyclic) bond motifs is 1. The van der Waals surface area contributed by atoms with Gasteiger partial charge < -0.3 is 15.3 Å². The second-order valence-electron chi connectivity index (χ2n) is 6.19. The Morgan fingerprint density at radius 2 is 2.19 bits per heavy atom. The molecule has 0 spiro atoms. The van der Waals surface area contributed by atoms with Crippen molar-refractivity contribution in [1.29, 1.82) is 0 Å². The lowest BCUT2D eigenvalue weighted by Crippen LogP contribution is -2.06. The van der Waals surface area contributed by atoms with E-state index in [1.807, 2.05) is 18.4 Å². The summed E-state index contributed by atoms with van der Waals surface area (Å²) in [7, 11) is 0. The standard InChI is InChI=1S/C18H19N5OS3/c1-3-4-7-27(24)18-14(19)13-11(15-21-9-10(2)22-15)8-12(23-17(13)26-18)16-20-5-6-25-16/h5-6,8-9H,3-4,7,19H2,1-2H3,(H,21,22). The second-order valence-corrected chi connectivity index (χ2v) is 9.85. The van der Waals surface area contributed by atoms with Gasteiger partial charge in [0.1, 0.15) is 32.8 Å². The fraction of sp³-hybridized carbons (Fsp3) is 0.278. The molecule has 140 valence electrons. The highest BCUT2D eigenvalue weighted by Crippen LogP contribution is 2.43. The number of aryl methyl sites for hydroxylation is 1. The first-order valence-electron chi connectivity index (χ1n) is 8.61. The quantitative estimate of drug-likeness (QED) is 0.446. The van der Waals surface area contributed by atoms with Crippen LogP contribution in [0.3, 0.4) is 0 Å². The van der Waals surface area contributed by atoms with Crippen LogP contribution in [0.4, 0.5) is 5.69 Å². The van der Waals surface area contributed by atoms with E-state index in [1.165, 1.54) is 22.7 Å². The normalized spacial score (nSPS) is 12.7. The van der Waals surface area contributed by atoms with E-state index >= 15 is 0 Å². The van der Waals surface area contributed by atoms with Gasteiger partial charge in [-0.3, -0.25) is 0 Å². The molecular formula is C18H19N5OS3. The Bertz CT molecular complexity index is 1070. The number of nitrogens with one attached hydrogen (secondary N) is 1. The first kappa shape index (κ1) is 18.4. The van der Waals surface area contributed by atoms with Crippen LogP contribution in [0.2, 0.25) is 0 Å². The van der Waals surface area contributed by atoms with Crippen molar-refractivity contribution >= 4 is 49.8 Å². The average molecular weight is 418 g/mol. The van der Waals surface area contributed by atoms with Crippen molar-refractivity contribution in [3.8, 4) is 22.1 Å². The highest BCUT2D eigenvalue weighted by atomic mass is 32.2. The zero-order chi connectivity index (χ0) is 19.0. The van der Waals surface area contributed by atoms with E-state index in [2.05, 4.69) is 21.9 Å². The van der Waals surface area contributed by atoms with Crippen LogP contribution in [-0.2, 0) is 11.2 Å². The summed E-state index contributed by atoms with van der Waals surface area (Å²) in [6, 6.07) is 1.96. The van der Waals surface area contributed by atoms with E-state index < -0.39 is 11.2 Å². The molecule has 0 fully saturated rings. The minimum atomic E-state index is -1.12. The first-order valence-corrected chi connectivity index (χ1v) is 11.6. The number of aromatic nitrogens is 4. The monoisotopic (exact) mass is 417 g/mol. The number of hydrogen-bond acceptors (Lipinski definition) is 7. The molecule has 0 aliphatic carbocycles. The molecule has 4 rings (SSSR count). The molecule has 0 amide bonds. The molecular weight excluding hydrogens is 398 g/mol. The predicted molar refractivity (Wildman–Crippen MR) is 114 cm³/mol. The first-order chi connectivity index (χ1) is 13.1. The van der Waals surface area contributed by atoms with Gasteiger partial charge >= 0.3 is 0 Å². The molecule has 3 N–H and O–H groups in total. The van der Waals surface area contributed by atoms with Crippen molar-refractivity contribution in [2.45, 2.75) is 30.9 Å². The molecule has 9 heteroatoms. The maximum atomic E-state index is 12.7. The minimum absolute atomic E-state index is 0.548. The Labute approximate surface area is 168 Å². The number of thiazole rings is 1. The van der Waals surface area contributed by atoms with Crippen LogP contribution >= 0.6 is 22.7 Å². The average Bonchev–Trinajstić information content (AvgIpc) is 3.39. The van der Waals surface area contributed by atoms with Crippen molar-refractivity contribution in [2.75, 3.05) is 11.5 Å². The van der Waals surface area contributed by atoms with Crippen molar-refractivity contribution in [3.63, 3.8) is 0 Å². The van der Waals surface area contributed by atoms with Gasteiger partial charge in [-0.05, 0) is 30.6 Å². The van der Waals surface area contributed by atoms with Gasteiger partial charge in [0.05, 0.1) is 5.39 Å². The summed E-state index contributed by atoms with van der Waals surface area (Å²) in [5.74, 6) is 1.34. The molecule has 4 heterocycles. The van der Waals surface area contributed by atoms with Gasteiger partial charge in [-0.1, -0.05) is 24.7 Å². The highest BCUT2D eigenvalue weighted by Gasteiger charge is 2.25. The van der Waals surface area contributed by atoms with Gasteiger partial charge in [0.15, 0.2) is 0 Å². The topological polar surface area (TPSA) is 104 Å². The number of anilines is 1. The summed E-state index contributed by atoms with van der Waals surface area (Å²) in [6.07, 6.45) is 5.45. The Kier molecular flexibility index (Phi) is 5.18. The van der Waals surface area contributed by atoms with E-state index in [1.54, 1.807) is 12.4 Å². The number of aromatic amines is 1. The Morgan fingerprint density at radius 3 is 2.85 bits per heavy atom. The molecule has 0 aromatic carbocycles. The van der Waals surface area contributed by atoms with Gasteiger partial charge in [-0.25, -0.2) is 15.0 Å². The lowest BCUT2D eigenvalue weighted by Gasteiger charge is -2.08. The molecule has 0 saturated carbocycles. The number of imidazole rings is 1. The van der Waals surface area contributed by atoms with Crippen LogP contribution in [0.15, 0.2) is 28.0 Å². The van der Waals surface area contributed by atoms with E-state index in [0.717, 1.165) is 50.8 Å². The molecule has 0 aliphatic rings. The molecule has 4 aromatic rings. The van der Waals surface area contributed by atoms with Gasteiger partial charge in [0.25, 0.3) is 0 Å². The molecule has 0 saturated heterocycles. The molecule has 27 heavy (non-hydrogen) atoms. The summed E-state index contributed by atoms with van der Waals surface area (Å²) < 4.78 is 13.4. The third kappa shape index (κ3) is 3.47. The zero-order valence-electron chi connectivity index (χ0n) is 15.0. The SMILES string of the molecule is CCCC[S+]([O-])c1sc2nc(-c3nccs3)cc(-c3ncc(C)[nH]3)c2c1N. The van der Waals surface area contributed by atoms with Crippen LogP contribution in [-0.4, -0.2) is 30.2 Å². The number of unbranched alkanes of at least 4 members (excludes halogenated alkanes) is 1. The smallest absolute Gasteiger partial charge is 0.232 e. The number of nitrogens with zero attached hydrogens (tertiary/aromatic N) is 3. The summed E-state index contributed by atoms with van der Waals surface area (Å²) >= 11 is 1.82.